The lowest BCUT2D eigenvalue weighted by Gasteiger charge is -2.44. The number of benzene rings is 3. The minimum atomic E-state index is -1.42. The van der Waals surface area contributed by atoms with Gasteiger partial charge in [0.25, 0.3) is 5.91 Å². The highest BCUT2D eigenvalue weighted by molar-refractivity contribution is 9.10. The number of para-hydroxylation sites is 1. The standard InChI is InChI=1S/C25H20BrN3O3/c1-2-31-22-10-6-9-17-21-14-20(15-7-4-3-5-8-15)28-29(21)25(32-23(17)22)18-13-16(26)11-12-19(18)27-24(25)30/h3-13,21H,2,14H2,1H3,(H,27,30)/t21-,25-/m0/s1. The molecule has 0 aromatic heterocycles. The summed E-state index contributed by atoms with van der Waals surface area (Å²) in [6.45, 7) is 2.44. The maximum Gasteiger partial charge on any atom is 0.306 e. The summed E-state index contributed by atoms with van der Waals surface area (Å²) < 4.78 is 13.4. The van der Waals surface area contributed by atoms with E-state index in [0.29, 0.717) is 24.5 Å². The molecule has 1 amide bonds. The van der Waals surface area contributed by atoms with Gasteiger partial charge in [0.1, 0.15) is 0 Å². The van der Waals surface area contributed by atoms with Crippen molar-refractivity contribution in [2.24, 2.45) is 5.10 Å². The van der Waals surface area contributed by atoms with Gasteiger partial charge >= 0.3 is 5.72 Å². The summed E-state index contributed by atoms with van der Waals surface area (Å²) in [7, 11) is 0. The Labute approximate surface area is 194 Å². The van der Waals surface area contributed by atoms with Gasteiger partial charge in [-0.2, -0.15) is 5.10 Å². The third-order valence-electron chi connectivity index (χ3n) is 6.16. The molecule has 7 heteroatoms. The van der Waals surface area contributed by atoms with E-state index in [-0.39, 0.29) is 11.9 Å². The first-order valence-electron chi connectivity index (χ1n) is 10.6. The summed E-state index contributed by atoms with van der Waals surface area (Å²) in [6, 6.07) is 21.5. The predicted octanol–water partition coefficient (Wildman–Crippen LogP) is 5.20. The SMILES string of the molecule is CCOc1cccc2c1O[C@@]1(C(=O)Nc3ccc(Br)cc31)N1N=C(c3ccccc3)C[C@@H]21. The van der Waals surface area contributed by atoms with Crippen LogP contribution in [0.2, 0.25) is 0 Å². The molecule has 2 atom stereocenters. The lowest BCUT2D eigenvalue weighted by atomic mass is 9.92. The number of rotatable bonds is 3. The highest BCUT2D eigenvalue weighted by Gasteiger charge is 2.61. The van der Waals surface area contributed by atoms with Crippen molar-refractivity contribution in [3.63, 3.8) is 0 Å². The normalized spacial score (nSPS) is 22.6. The highest BCUT2D eigenvalue weighted by atomic mass is 79.9. The number of carbonyl (C=O) groups is 1. The maximum absolute atomic E-state index is 13.6. The third-order valence-corrected chi connectivity index (χ3v) is 6.65. The Balaban J connectivity index is 1.59. The Bertz CT molecular complexity index is 1280. The number of amides is 1. The van der Waals surface area contributed by atoms with Gasteiger partial charge in [0, 0.05) is 16.5 Å². The molecule has 0 aliphatic carbocycles. The van der Waals surface area contributed by atoms with Crippen LogP contribution in [0.25, 0.3) is 0 Å². The summed E-state index contributed by atoms with van der Waals surface area (Å²) in [6.07, 6.45) is 0.661. The predicted molar refractivity (Wildman–Crippen MR) is 125 cm³/mol. The highest BCUT2D eigenvalue weighted by Crippen LogP contribution is 2.56. The third kappa shape index (κ3) is 2.64. The van der Waals surface area contributed by atoms with Gasteiger partial charge in [-0.05, 0) is 36.8 Å². The van der Waals surface area contributed by atoms with Crippen LogP contribution in [0.1, 0.15) is 36.1 Å². The molecular weight excluding hydrogens is 470 g/mol. The van der Waals surface area contributed by atoms with Gasteiger partial charge in [-0.25, -0.2) is 5.01 Å². The Morgan fingerprint density at radius 3 is 2.84 bits per heavy atom. The van der Waals surface area contributed by atoms with Crippen molar-refractivity contribution in [1.82, 2.24) is 5.01 Å². The number of nitrogens with one attached hydrogen (secondary N) is 1. The molecule has 0 unspecified atom stereocenters. The van der Waals surface area contributed by atoms with Gasteiger partial charge in [-0.15, -0.1) is 0 Å². The van der Waals surface area contributed by atoms with Gasteiger partial charge in [0.05, 0.1) is 29.6 Å². The van der Waals surface area contributed by atoms with Gasteiger partial charge in [0.15, 0.2) is 11.5 Å². The molecule has 1 N–H and O–H groups in total. The number of hydrogen-bond donors (Lipinski definition) is 1. The Morgan fingerprint density at radius 1 is 1.19 bits per heavy atom. The quantitative estimate of drug-likeness (QED) is 0.549. The molecule has 3 aliphatic heterocycles. The lowest BCUT2D eigenvalue weighted by molar-refractivity contribution is -0.161. The summed E-state index contributed by atoms with van der Waals surface area (Å²) >= 11 is 3.55. The second-order valence-corrected chi connectivity index (χ2v) is 8.89. The monoisotopic (exact) mass is 489 g/mol. The number of hydrazone groups is 1. The van der Waals surface area contributed by atoms with Crippen molar-refractivity contribution in [2.75, 3.05) is 11.9 Å². The summed E-state index contributed by atoms with van der Waals surface area (Å²) in [4.78, 5) is 13.6. The van der Waals surface area contributed by atoms with Crippen molar-refractivity contribution in [2.45, 2.75) is 25.1 Å². The zero-order valence-electron chi connectivity index (χ0n) is 17.3. The maximum atomic E-state index is 13.6. The summed E-state index contributed by atoms with van der Waals surface area (Å²) in [5, 5.41) is 9.81. The number of fused-ring (bicyclic) bond motifs is 6. The van der Waals surface area contributed by atoms with Crippen LogP contribution >= 0.6 is 15.9 Å². The molecule has 6 rings (SSSR count). The van der Waals surface area contributed by atoms with E-state index in [1.807, 2.05) is 78.7 Å². The Hall–Kier alpha value is -3.32. The zero-order chi connectivity index (χ0) is 21.9. The van der Waals surface area contributed by atoms with Crippen LogP contribution < -0.4 is 14.8 Å². The number of carbonyl (C=O) groups excluding carboxylic acids is 1. The van der Waals surface area contributed by atoms with Gasteiger partial charge in [-0.3, -0.25) is 4.79 Å². The first kappa shape index (κ1) is 19.4. The summed E-state index contributed by atoms with van der Waals surface area (Å²) in [5.74, 6) is 0.974. The fourth-order valence-corrected chi connectivity index (χ4v) is 5.14. The molecule has 3 aromatic carbocycles. The van der Waals surface area contributed by atoms with Crippen LogP contribution in [-0.2, 0) is 10.5 Å². The average molecular weight is 490 g/mol. The van der Waals surface area contributed by atoms with Gasteiger partial charge in [-0.1, -0.05) is 58.4 Å². The average Bonchev–Trinajstić information content (AvgIpc) is 3.37. The molecule has 0 fully saturated rings. The molecule has 0 saturated heterocycles. The van der Waals surface area contributed by atoms with Crippen LogP contribution in [0, 0.1) is 0 Å². The Kier molecular flexibility index (Phi) is 4.30. The molecule has 3 aromatic rings. The smallest absolute Gasteiger partial charge is 0.306 e. The molecule has 6 nitrogen and oxygen atoms in total. The molecule has 160 valence electrons. The van der Waals surface area contributed by atoms with E-state index in [4.69, 9.17) is 14.6 Å². The van der Waals surface area contributed by atoms with Crippen molar-refractivity contribution >= 4 is 33.2 Å². The van der Waals surface area contributed by atoms with Crippen molar-refractivity contribution < 1.29 is 14.3 Å². The second-order valence-electron chi connectivity index (χ2n) is 7.97. The lowest BCUT2D eigenvalue weighted by Crippen LogP contribution is -2.55. The number of ether oxygens (including phenoxy) is 2. The van der Waals surface area contributed by atoms with E-state index in [0.717, 1.165) is 32.6 Å². The van der Waals surface area contributed by atoms with Crippen molar-refractivity contribution in [1.29, 1.82) is 0 Å². The molecule has 0 radical (unpaired) electrons. The minimum absolute atomic E-state index is 0.162. The number of anilines is 1. The Morgan fingerprint density at radius 2 is 2.03 bits per heavy atom. The second kappa shape index (κ2) is 7.10. The van der Waals surface area contributed by atoms with E-state index in [1.165, 1.54) is 0 Å². The van der Waals surface area contributed by atoms with Crippen molar-refractivity contribution in [3.05, 3.63) is 87.9 Å². The van der Waals surface area contributed by atoms with Crippen LogP contribution in [0.4, 0.5) is 5.69 Å². The molecule has 32 heavy (non-hydrogen) atoms. The van der Waals surface area contributed by atoms with E-state index in [1.54, 1.807) is 0 Å². The zero-order valence-corrected chi connectivity index (χ0v) is 18.9. The fourth-order valence-electron chi connectivity index (χ4n) is 4.78. The topological polar surface area (TPSA) is 63.2 Å². The molecule has 0 saturated carbocycles. The number of hydrogen-bond acceptors (Lipinski definition) is 5. The van der Waals surface area contributed by atoms with Crippen LogP contribution in [0.5, 0.6) is 11.5 Å². The van der Waals surface area contributed by atoms with E-state index in [2.05, 4.69) is 21.2 Å². The summed E-state index contributed by atoms with van der Waals surface area (Å²) in [5.41, 5.74) is 2.96. The van der Waals surface area contributed by atoms with Crippen LogP contribution in [0.15, 0.2) is 76.3 Å². The molecule has 3 aliphatic rings. The van der Waals surface area contributed by atoms with Crippen LogP contribution in [0.3, 0.4) is 0 Å². The van der Waals surface area contributed by atoms with Gasteiger partial charge < -0.3 is 14.8 Å². The van der Waals surface area contributed by atoms with E-state index >= 15 is 0 Å². The van der Waals surface area contributed by atoms with E-state index < -0.39 is 5.72 Å². The molecule has 1 spiro atoms. The molecular formula is C25H20BrN3O3. The largest absolute Gasteiger partial charge is 0.490 e. The molecule has 0 bridgehead atoms. The first-order chi connectivity index (χ1) is 15.6. The van der Waals surface area contributed by atoms with E-state index in [9.17, 15) is 4.79 Å². The van der Waals surface area contributed by atoms with Gasteiger partial charge in [0.2, 0.25) is 0 Å². The molecule has 3 heterocycles. The first-order valence-corrected chi connectivity index (χ1v) is 11.4. The fraction of sp³-hybridized carbons (Fsp3) is 0.200. The van der Waals surface area contributed by atoms with Crippen molar-refractivity contribution in [3.8, 4) is 11.5 Å². The number of nitrogens with zero attached hydrogens (tertiary/aromatic N) is 2. The van der Waals surface area contributed by atoms with Crippen LogP contribution in [-0.4, -0.2) is 23.2 Å². The minimum Gasteiger partial charge on any atom is -0.490 e. The number of halogens is 1.